The topological polar surface area (TPSA) is 66.9 Å². The molecule has 7 heteroatoms. The Kier molecular flexibility index (Phi) is 6.88. The van der Waals surface area contributed by atoms with Crippen molar-refractivity contribution in [2.24, 2.45) is 0 Å². The number of carbonyl (C=O) groups is 3. The molecule has 0 aromatic heterocycles. The number of esters is 1. The Bertz CT molecular complexity index is 898. The van der Waals surface area contributed by atoms with Crippen LogP contribution in [0.5, 0.6) is 0 Å². The zero-order chi connectivity index (χ0) is 20.8. The van der Waals surface area contributed by atoms with E-state index in [2.05, 4.69) is 0 Å². The molecule has 1 saturated heterocycles. The van der Waals surface area contributed by atoms with Gasteiger partial charge < -0.3 is 14.5 Å². The number of likely N-dealkylation sites (tertiary alicyclic amines) is 1. The fourth-order valence-corrected chi connectivity index (χ4v) is 3.37. The quantitative estimate of drug-likeness (QED) is 0.652. The third kappa shape index (κ3) is 5.81. The highest BCUT2D eigenvalue weighted by Gasteiger charge is 2.20. The van der Waals surface area contributed by atoms with Gasteiger partial charge in [-0.2, -0.15) is 0 Å². The van der Waals surface area contributed by atoms with E-state index in [-0.39, 0.29) is 18.4 Å². The Labute approximate surface area is 175 Å². The molecule has 1 aliphatic heterocycles. The predicted molar refractivity (Wildman–Crippen MR) is 109 cm³/mol. The van der Waals surface area contributed by atoms with Crippen LogP contribution in [0.15, 0.2) is 48.5 Å². The summed E-state index contributed by atoms with van der Waals surface area (Å²) in [6, 6.07) is 14.1. The van der Waals surface area contributed by atoms with Crippen molar-refractivity contribution in [1.29, 1.82) is 0 Å². The summed E-state index contributed by atoms with van der Waals surface area (Å²) in [4.78, 5) is 39.4. The number of rotatable bonds is 7. The van der Waals surface area contributed by atoms with Gasteiger partial charge in [-0.1, -0.05) is 35.9 Å². The lowest BCUT2D eigenvalue weighted by Gasteiger charge is -2.17. The average molecular weight is 415 g/mol. The van der Waals surface area contributed by atoms with E-state index < -0.39 is 5.97 Å². The average Bonchev–Trinajstić information content (AvgIpc) is 3.11. The summed E-state index contributed by atoms with van der Waals surface area (Å²) in [5, 5.41) is 0.604. The van der Waals surface area contributed by atoms with Crippen LogP contribution in [0.3, 0.4) is 0 Å². The second-order valence-electron chi connectivity index (χ2n) is 7.07. The zero-order valence-electron chi connectivity index (χ0n) is 16.3. The predicted octanol–water partition coefficient (Wildman–Crippen LogP) is 3.28. The first-order valence-electron chi connectivity index (χ1n) is 9.44. The van der Waals surface area contributed by atoms with E-state index in [0.29, 0.717) is 30.1 Å². The maximum absolute atomic E-state index is 12.2. The molecule has 3 rings (SSSR count). The van der Waals surface area contributed by atoms with E-state index in [0.717, 1.165) is 24.1 Å². The minimum absolute atomic E-state index is 0.161. The zero-order valence-corrected chi connectivity index (χ0v) is 17.0. The van der Waals surface area contributed by atoms with Crippen molar-refractivity contribution in [2.75, 3.05) is 20.2 Å². The molecule has 0 radical (unpaired) electrons. The summed E-state index contributed by atoms with van der Waals surface area (Å²) < 4.78 is 5.14. The van der Waals surface area contributed by atoms with Crippen molar-refractivity contribution in [1.82, 2.24) is 9.80 Å². The molecule has 1 aliphatic rings. The molecule has 0 aliphatic carbocycles. The third-order valence-corrected chi connectivity index (χ3v) is 5.03. The van der Waals surface area contributed by atoms with Gasteiger partial charge in [0.2, 0.25) is 5.91 Å². The van der Waals surface area contributed by atoms with Crippen LogP contribution in [-0.2, 0) is 27.4 Å². The van der Waals surface area contributed by atoms with Gasteiger partial charge in [-0.25, -0.2) is 4.79 Å². The van der Waals surface area contributed by atoms with Crippen molar-refractivity contribution in [3.05, 3.63) is 70.2 Å². The van der Waals surface area contributed by atoms with Gasteiger partial charge in [0.25, 0.3) is 5.91 Å². The third-order valence-electron chi connectivity index (χ3n) is 4.80. The van der Waals surface area contributed by atoms with Crippen LogP contribution in [-0.4, -0.2) is 47.8 Å². The Morgan fingerprint density at radius 3 is 2.55 bits per heavy atom. The molecule has 2 amide bonds. The molecule has 0 bridgehead atoms. The van der Waals surface area contributed by atoms with Gasteiger partial charge >= 0.3 is 5.97 Å². The molecule has 0 unspecified atom stereocenters. The minimum Gasteiger partial charge on any atom is -0.452 e. The van der Waals surface area contributed by atoms with Gasteiger partial charge in [0.05, 0.1) is 5.56 Å². The van der Waals surface area contributed by atoms with E-state index in [1.165, 1.54) is 4.90 Å². The van der Waals surface area contributed by atoms with Gasteiger partial charge in [-0.15, -0.1) is 0 Å². The van der Waals surface area contributed by atoms with Crippen molar-refractivity contribution in [2.45, 2.75) is 25.9 Å². The number of carbonyl (C=O) groups excluding carboxylic acids is 3. The van der Waals surface area contributed by atoms with Crippen LogP contribution in [0, 0.1) is 0 Å². The fraction of sp³-hybridized carbons (Fsp3) is 0.318. The van der Waals surface area contributed by atoms with Gasteiger partial charge in [-0.05, 0) is 41.8 Å². The molecule has 0 saturated carbocycles. The largest absolute Gasteiger partial charge is 0.452 e. The summed E-state index contributed by atoms with van der Waals surface area (Å²) in [5.74, 6) is -0.699. The monoisotopic (exact) mass is 414 g/mol. The summed E-state index contributed by atoms with van der Waals surface area (Å²) in [5.41, 5.74) is 2.22. The molecule has 1 heterocycles. The van der Waals surface area contributed by atoms with Crippen molar-refractivity contribution >= 4 is 29.4 Å². The summed E-state index contributed by atoms with van der Waals surface area (Å²) in [6.45, 7) is 1.36. The molecule has 6 nitrogen and oxygen atoms in total. The highest BCUT2D eigenvalue weighted by Crippen LogP contribution is 2.15. The van der Waals surface area contributed by atoms with Crippen LogP contribution in [0.4, 0.5) is 0 Å². The van der Waals surface area contributed by atoms with Crippen molar-refractivity contribution in [3.8, 4) is 0 Å². The SMILES string of the molecule is CN(Cc1cccc(Cl)c1)C(=O)COC(=O)c1ccc(CN2CCCC2=O)cc1. The van der Waals surface area contributed by atoms with E-state index in [1.54, 1.807) is 43.4 Å². The standard InChI is InChI=1S/C22H23ClN2O4/c1-24(13-17-4-2-5-19(23)12-17)21(27)15-29-22(28)18-9-7-16(8-10-18)14-25-11-3-6-20(25)26/h2,4-5,7-10,12H,3,6,11,13-15H2,1H3. The molecule has 152 valence electrons. The lowest BCUT2D eigenvalue weighted by molar-refractivity contribution is -0.133. The summed E-state index contributed by atoms with van der Waals surface area (Å²) >= 11 is 5.95. The van der Waals surface area contributed by atoms with E-state index in [9.17, 15) is 14.4 Å². The molecule has 29 heavy (non-hydrogen) atoms. The lowest BCUT2D eigenvalue weighted by atomic mass is 10.1. The number of benzene rings is 2. The fourth-order valence-electron chi connectivity index (χ4n) is 3.16. The number of hydrogen-bond acceptors (Lipinski definition) is 4. The van der Waals surface area contributed by atoms with Gasteiger partial charge in [0.15, 0.2) is 6.61 Å². The van der Waals surface area contributed by atoms with Crippen LogP contribution in [0.2, 0.25) is 5.02 Å². The number of hydrogen-bond donors (Lipinski definition) is 0. The summed E-state index contributed by atoms with van der Waals surface area (Å²) in [6.07, 6.45) is 1.49. The Balaban J connectivity index is 1.48. The number of ether oxygens (including phenoxy) is 1. The molecule has 0 spiro atoms. The van der Waals surface area contributed by atoms with Crippen LogP contribution in [0.25, 0.3) is 0 Å². The molecular formula is C22H23ClN2O4. The second-order valence-corrected chi connectivity index (χ2v) is 7.51. The number of nitrogens with zero attached hydrogens (tertiary/aromatic N) is 2. The molecular weight excluding hydrogens is 392 g/mol. The molecule has 0 atom stereocenters. The van der Waals surface area contributed by atoms with Gasteiger partial charge in [0, 0.05) is 38.1 Å². The molecule has 1 fully saturated rings. The van der Waals surface area contributed by atoms with Crippen LogP contribution in [0.1, 0.15) is 34.3 Å². The number of likely N-dealkylation sites (N-methyl/N-ethyl adjacent to an activating group) is 1. The maximum Gasteiger partial charge on any atom is 0.338 e. The van der Waals surface area contributed by atoms with E-state index in [4.69, 9.17) is 16.3 Å². The molecule has 0 N–H and O–H groups in total. The van der Waals surface area contributed by atoms with Crippen LogP contribution >= 0.6 is 11.6 Å². The normalized spacial score (nSPS) is 13.4. The first-order valence-corrected chi connectivity index (χ1v) is 9.82. The Morgan fingerprint density at radius 2 is 1.90 bits per heavy atom. The lowest BCUT2D eigenvalue weighted by Crippen LogP contribution is -2.30. The van der Waals surface area contributed by atoms with Crippen molar-refractivity contribution in [3.63, 3.8) is 0 Å². The number of amides is 2. The highest BCUT2D eigenvalue weighted by atomic mass is 35.5. The summed E-state index contributed by atoms with van der Waals surface area (Å²) in [7, 11) is 1.64. The van der Waals surface area contributed by atoms with Crippen molar-refractivity contribution < 1.29 is 19.1 Å². The molecule has 2 aromatic carbocycles. The van der Waals surface area contributed by atoms with Gasteiger partial charge in [-0.3, -0.25) is 9.59 Å². The Morgan fingerprint density at radius 1 is 1.14 bits per heavy atom. The van der Waals surface area contributed by atoms with Gasteiger partial charge in [0.1, 0.15) is 0 Å². The number of halogens is 1. The Hall–Kier alpha value is -2.86. The second kappa shape index (κ2) is 9.56. The first-order chi connectivity index (χ1) is 13.9. The van der Waals surface area contributed by atoms with Crippen LogP contribution < -0.4 is 0 Å². The molecule has 2 aromatic rings. The first kappa shape index (κ1) is 20.9. The smallest absolute Gasteiger partial charge is 0.338 e. The van der Waals surface area contributed by atoms with E-state index >= 15 is 0 Å². The highest BCUT2D eigenvalue weighted by molar-refractivity contribution is 6.30. The maximum atomic E-state index is 12.2. The minimum atomic E-state index is -0.557. The van der Waals surface area contributed by atoms with E-state index in [1.807, 2.05) is 17.0 Å².